The van der Waals surface area contributed by atoms with Gasteiger partial charge in [-0.2, -0.15) is 0 Å². The van der Waals surface area contributed by atoms with Gasteiger partial charge < -0.3 is 14.8 Å². The van der Waals surface area contributed by atoms with Gasteiger partial charge in [-0.25, -0.2) is 9.87 Å². The van der Waals surface area contributed by atoms with Crippen molar-refractivity contribution >= 4 is 28.6 Å². The van der Waals surface area contributed by atoms with E-state index in [1.165, 1.54) is 6.07 Å². The first-order valence-corrected chi connectivity index (χ1v) is 12.4. The van der Waals surface area contributed by atoms with Crippen molar-refractivity contribution in [2.24, 2.45) is 0 Å². The van der Waals surface area contributed by atoms with Gasteiger partial charge in [-0.1, -0.05) is 49.2 Å². The van der Waals surface area contributed by atoms with Crippen LogP contribution in [0.1, 0.15) is 55.0 Å². The summed E-state index contributed by atoms with van der Waals surface area (Å²) in [5, 5.41) is 9.55. The van der Waals surface area contributed by atoms with Crippen LogP contribution in [0.2, 0.25) is 0 Å². The third kappa shape index (κ3) is 4.35. The summed E-state index contributed by atoms with van der Waals surface area (Å²) in [5.41, 5.74) is 4.60. The Bertz CT molecular complexity index is 1310. The Kier molecular flexibility index (Phi) is 6.73. The van der Waals surface area contributed by atoms with Gasteiger partial charge in [0.2, 0.25) is 17.7 Å². The number of carbonyl (C=O) groups is 3. The normalized spacial score (nSPS) is 19.4. The maximum absolute atomic E-state index is 15.0. The van der Waals surface area contributed by atoms with E-state index in [0.717, 1.165) is 35.0 Å². The highest BCUT2D eigenvalue weighted by Gasteiger charge is 2.48. The second kappa shape index (κ2) is 10.1. The molecule has 36 heavy (non-hydrogen) atoms. The highest BCUT2D eigenvalue weighted by molar-refractivity contribution is 5.97. The quantitative estimate of drug-likeness (QED) is 0.254. The van der Waals surface area contributed by atoms with Crippen LogP contribution >= 0.6 is 0 Å². The largest absolute Gasteiger partial charge is 0.356 e. The zero-order valence-corrected chi connectivity index (χ0v) is 19.9. The molecule has 1 aromatic heterocycles. The first-order chi connectivity index (χ1) is 17.5. The van der Waals surface area contributed by atoms with E-state index in [-0.39, 0.29) is 24.8 Å². The van der Waals surface area contributed by atoms with Gasteiger partial charge in [-0.05, 0) is 30.5 Å². The van der Waals surface area contributed by atoms with E-state index in [2.05, 4.69) is 4.98 Å². The highest BCUT2D eigenvalue weighted by Crippen LogP contribution is 2.43. The van der Waals surface area contributed by atoms with E-state index < -0.39 is 23.8 Å². The Balaban J connectivity index is 1.40. The molecule has 0 saturated carbocycles. The van der Waals surface area contributed by atoms with Crippen LogP contribution in [0.25, 0.3) is 10.9 Å². The minimum Gasteiger partial charge on any atom is -0.356 e. The number of nitrogens with zero attached hydrogens (tertiary/aromatic N) is 2. The lowest BCUT2D eigenvalue weighted by molar-refractivity contribution is -0.158. The van der Waals surface area contributed by atoms with E-state index in [4.69, 9.17) is 5.21 Å². The fraction of sp³-hybridized carbons (Fsp3) is 0.370. The Morgan fingerprint density at radius 1 is 1.06 bits per heavy atom. The van der Waals surface area contributed by atoms with Crippen molar-refractivity contribution in [3.63, 3.8) is 0 Å². The van der Waals surface area contributed by atoms with Crippen molar-refractivity contribution < 1.29 is 24.0 Å². The minimum absolute atomic E-state index is 0.0389. The Hall–Kier alpha value is -3.72. The summed E-state index contributed by atoms with van der Waals surface area (Å²) >= 11 is 0. The monoisotopic (exact) mass is 492 g/mol. The number of H-pyrrole nitrogens is 1. The number of piperazine rings is 1. The van der Waals surface area contributed by atoms with Crippen molar-refractivity contribution in [3.8, 4) is 0 Å². The van der Waals surface area contributed by atoms with E-state index in [9.17, 15) is 14.4 Å². The number of amides is 3. The van der Waals surface area contributed by atoms with Gasteiger partial charge in [0.1, 0.15) is 17.9 Å². The van der Waals surface area contributed by atoms with Gasteiger partial charge in [-0.15, -0.1) is 0 Å². The number of nitrogens with one attached hydrogen (secondary N) is 2. The van der Waals surface area contributed by atoms with Crippen LogP contribution in [0.15, 0.2) is 48.5 Å². The highest BCUT2D eigenvalue weighted by atomic mass is 19.1. The number of carbonyl (C=O) groups excluding carboxylic acids is 3. The molecule has 0 radical (unpaired) electrons. The maximum atomic E-state index is 15.0. The lowest BCUT2D eigenvalue weighted by Crippen LogP contribution is -2.63. The predicted molar refractivity (Wildman–Crippen MR) is 130 cm³/mol. The topological polar surface area (TPSA) is 106 Å². The van der Waals surface area contributed by atoms with Crippen LogP contribution in [-0.2, 0) is 20.8 Å². The zero-order valence-electron chi connectivity index (χ0n) is 19.9. The molecule has 0 aliphatic carbocycles. The molecule has 5 rings (SSSR count). The number of benzene rings is 2. The van der Waals surface area contributed by atoms with E-state index >= 15 is 4.39 Å². The minimum atomic E-state index is -0.705. The Morgan fingerprint density at radius 3 is 2.61 bits per heavy atom. The molecule has 0 unspecified atom stereocenters. The molecule has 2 atom stereocenters. The molecule has 3 aromatic rings. The van der Waals surface area contributed by atoms with Crippen LogP contribution in [-0.4, -0.2) is 56.8 Å². The van der Waals surface area contributed by atoms with Gasteiger partial charge in [0.15, 0.2) is 0 Å². The third-order valence-electron chi connectivity index (χ3n) is 7.25. The summed E-state index contributed by atoms with van der Waals surface area (Å²) in [6.07, 6.45) is 3.56. The van der Waals surface area contributed by atoms with Gasteiger partial charge in [0.25, 0.3) is 0 Å². The predicted octanol–water partition coefficient (Wildman–Crippen LogP) is 3.45. The number of halogens is 1. The third-order valence-corrected chi connectivity index (χ3v) is 7.25. The van der Waals surface area contributed by atoms with Crippen LogP contribution in [0, 0.1) is 5.82 Å². The molecule has 8 nitrogen and oxygen atoms in total. The van der Waals surface area contributed by atoms with Gasteiger partial charge in [0.05, 0.1) is 6.54 Å². The van der Waals surface area contributed by atoms with Crippen LogP contribution < -0.4 is 5.48 Å². The first-order valence-electron chi connectivity index (χ1n) is 12.4. The fourth-order valence-electron chi connectivity index (χ4n) is 5.53. The maximum Gasteiger partial charge on any atom is 0.246 e. The molecule has 3 amide bonds. The standard InChI is InChI=1S/C27H29FN4O4/c28-20-11-6-4-10-18(20)26-25-19(17-9-5-7-12-21(17)29-25)15-22-27(35)31(16-24(34)32(22)26)14-8-2-1-3-13-23(33)30-36/h4-7,9-12,22,26,29,36H,1-3,8,13-16H2,(H,30,33)/t22-,26-/m0/s1. The molecule has 3 heterocycles. The molecule has 0 bridgehead atoms. The van der Waals surface area contributed by atoms with Crippen LogP contribution in [0.5, 0.6) is 0 Å². The number of rotatable bonds is 8. The average molecular weight is 493 g/mol. The smallest absolute Gasteiger partial charge is 0.246 e. The van der Waals surface area contributed by atoms with Crippen molar-refractivity contribution in [2.75, 3.05) is 13.1 Å². The average Bonchev–Trinajstić information content (AvgIpc) is 3.26. The summed E-state index contributed by atoms with van der Waals surface area (Å²) in [5.74, 6) is -1.14. The van der Waals surface area contributed by atoms with Crippen molar-refractivity contribution in [3.05, 3.63) is 71.2 Å². The number of unbranched alkanes of at least 4 members (excludes halogenated alkanes) is 3. The van der Waals surface area contributed by atoms with Crippen molar-refractivity contribution in [1.82, 2.24) is 20.3 Å². The van der Waals surface area contributed by atoms with Crippen LogP contribution in [0.3, 0.4) is 0 Å². The first kappa shape index (κ1) is 24.0. The second-order valence-corrected chi connectivity index (χ2v) is 9.47. The number of fused-ring (bicyclic) bond motifs is 4. The molecule has 2 aromatic carbocycles. The lowest BCUT2D eigenvalue weighted by atomic mass is 9.86. The molecule has 3 N–H and O–H groups in total. The molecule has 2 aliphatic heterocycles. The van der Waals surface area contributed by atoms with Crippen LogP contribution in [0.4, 0.5) is 4.39 Å². The SMILES string of the molecule is O=C(CCCCCCN1CC(=O)N2[C@@H](c3ccccc3F)c3[nH]c4ccccc4c3C[C@H]2C1=O)NO. The van der Waals surface area contributed by atoms with Crippen molar-refractivity contribution in [2.45, 2.75) is 50.6 Å². The number of hydroxylamine groups is 1. The number of hydrogen-bond acceptors (Lipinski definition) is 4. The van der Waals surface area contributed by atoms with E-state index in [0.29, 0.717) is 31.4 Å². The number of para-hydroxylation sites is 1. The molecule has 188 valence electrons. The molecule has 2 aliphatic rings. The molecule has 1 saturated heterocycles. The Labute approximate surface area is 208 Å². The molecule has 9 heteroatoms. The lowest BCUT2D eigenvalue weighted by Gasteiger charge is -2.47. The molecular weight excluding hydrogens is 463 g/mol. The van der Waals surface area contributed by atoms with Gasteiger partial charge in [-0.3, -0.25) is 19.6 Å². The fourth-order valence-corrected chi connectivity index (χ4v) is 5.53. The summed E-state index contributed by atoms with van der Waals surface area (Å²) in [4.78, 5) is 44.8. The van der Waals surface area contributed by atoms with Gasteiger partial charge >= 0.3 is 0 Å². The summed E-state index contributed by atoms with van der Waals surface area (Å²) in [6, 6.07) is 12.8. The molecule has 0 spiro atoms. The van der Waals surface area contributed by atoms with E-state index in [1.807, 2.05) is 24.3 Å². The van der Waals surface area contributed by atoms with Crippen molar-refractivity contribution in [1.29, 1.82) is 0 Å². The second-order valence-electron chi connectivity index (χ2n) is 9.47. The Morgan fingerprint density at radius 2 is 1.81 bits per heavy atom. The van der Waals surface area contributed by atoms with Gasteiger partial charge in [0, 0.05) is 41.5 Å². The zero-order chi connectivity index (χ0) is 25.2. The molecular formula is C27H29FN4O4. The number of aromatic nitrogens is 1. The summed E-state index contributed by atoms with van der Waals surface area (Å²) < 4.78 is 15.0. The molecule has 1 fully saturated rings. The number of aromatic amines is 1. The summed E-state index contributed by atoms with van der Waals surface area (Å²) in [6.45, 7) is 0.412. The summed E-state index contributed by atoms with van der Waals surface area (Å²) in [7, 11) is 0. The van der Waals surface area contributed by atoms with E-state index in [1.54, 1.807) is 33.5 Å². The number of hydrogen-bond donors (Lipinski definition) is 3.